The number of ether oxygens (including phenoxy) is 2. The summed E-state index contributed by atoms with van der Waals surface area (Å²) in [6.07, 6.45) is 0. The lowest BCUT2D eigenvalue weighted by atomic mass is 9.95. The van der Waals surface area contributed by atoms with Gasteiger partial charge in [-0.1, -0.05) is 23.3 Å². The van der Waals surface area contributed by atoms with Gasteiger partial charge in [0, 0.05) is 18.4 Å². The van der Waals surface area contributed by atoms with E-state index in [1.54, 1.807) is 25.1 Å². The van der Waals surface area contributed by atoms with E-state index in [4.69, 9.17) is 9.47 Å². The first-order valence-corrected chi connectivity index (χ1v) is 7.29. The molecule has 126 valence electrons. The zero-order chi connectivity index (χ0) is 17.1. The van der Waals surface area contributed by atoms with Gasteiger partial charge in [0.1, 0.15) is 18.5 Å². The number of anilines is 1. The number of carbonyl (C=O) groups is 1. The monoisotopic (exact) mass is 333 g/mol. The van der Waals surface area contributed by atoms with E-state index in [0.717, 1.165) is 0 Å². The van der Waals surface area contributed by atoms with Gasteiger partial charge in [0.2, 0.25) is 5.95 Å². The first kappa shape index (κ1) is 16.1. The minimum atomic E-state index is -0.813. The highest BCUT2D eigenvalue weighted by atomic mass is 19.1. The highest BCUT2D eigenvalue weighted by molar-refractivity contribution is 5.92. The third kappa shape index (κ3) is 2.85. The zero-order valence-corrected chi connectivity index (χ0v) is 13.2. The molecule has 1 aromatic carbocycles. The average molecular weight is 333 g/mol. The molecule has 2 aromatic rings. The second-order valence-electron chi connectivity index (χ2n) is 5.16. The topological polar surface area (TPSA) is 91.2 Å². The van der Waals surface area contributed by atoms with Crippen LogP contribution < -0.4 is 5.32 Å². The van der Waals surface area contributed by atoms with E-state index in [1.165, 1.54) is 17.9 Å². The van der Waals surface area contributed by atoms with Crippen LogP contribution in [0.25, 0.3) is 0 Å². The number of fused-ring (bicyclic) bond motifs is 1. The molecular formula is C15H16FN5O3. The Labute approximate surface area is 137 Å². The molecule has 1 atom stereocenters. The highest BCUT2D eigenvalue weighted by Crippen LogP contribution is 2.35. The Kier molecular flexibility index (Phi) is 4.52. The minimum absolute atomic E-state index is 0.0958. The Bertz CT molecular complexity index is 789. The van der Waals surface area contributed by atoms with Gasteiger partial charge in [-0.05, 0) is 23.4 Å². The first-order chi connectivity index (χ1) is 11.6. The minimum Gasteiger partial charge on any atom is -0.460 e. The number of carbonyl (C=O) groups excluding carboxylic acids is 1. The third-order valence-corrected chi connectivity index (χ3v) is 3.65. The molecule has 1 aliphatic heterocycles. The van der Waals surface area contributed by atoms with E-state index in [-0.39, 0.29) is 24.4 Å². The fourth-order valence-electron chi connectivity index (χ4n) is 2.56. The number of benzene rings is 1. The van der Waals surface area contributed by atoms with Crippen LogP contribution in [-0.2, 0) is 14.3 Å². The van der Waals surface area contributed by atoms with E-state index < -0.39 is 17.8 Å². The van der Waals surface area contributed by atoms with Crippen LogP contribution in [-0.4, -0.2) is 46.5 Å². The summed E-state index contributed by atoms with van der Waals surface area (Å²) in [6, 6.07) is 5.37. The molecule has 0 fully saturated rings. The van der Waals surface area contributed by atoms with Crippen molar-refractivity contribution >= 4 is 11.9 Å². The molecule has 8 nitrogen and oxygen atoms in total. The molecule has 3 rings (SSSR count). The molecule has 0 bridgehead atoms. The Morgan fingerprint density at radius 1 is 1.38 bits per heavy atom. The van der Waals surface area contributed by atoms with E-state index in [1.807, 2.05) is 0 Å². The van der Waals surface area contributed by atoms with Gasteiger partial charge in [-0.2, -0.15) is 4.68 Å². The van der Waals surface area contributed by atoms with Crippen LogP contribution in [0, 0.1) is 5.82 Å². The number of hydrogen-bond donors (Lipinski definition) is 1. The molecule has 9 heteroatoms. The average Bonchev–Trinajstić information content (AvgIpc) is 3.02. The molecule has 0 radical (unpaired) electrons. The quantitative estimate of drug-likeness (QED) is 0.651. The Hall–Kier alpha value is -2.81. The summed E-state index contributed by atoms with van der Waals surface area (Å²) in [5.74, 6) is -0.707. The Morgan fingerprint density at radius 2 is 2.17 bits per heavy atom. The lowest BCUT2D eigenvalue weighted by Gasteiger charge is -2.27. The lowest BCUT2D eigenvalue weighted by Crippen LogP contribution is -2.30. The lowest BCUT2D eigenvalue weighted by molar-refractivity contribution is -0.140. The molecule has 24 heavy (non-hydrogen) atoms. The van der Waals surface area contributed by atoms with E-state index in [0.29, 0.717) is 11.6 Å². The van der Waals surface area contributed by atoms with Crippen molar-refractivity contribution in [3.05, 3.63) is 46.9 Å². The molecule has 0 spiro atoms. The maximum Gasteiger partial charge on any atom is 0.338 e. The maximum atomic E-state index is 14.3. The van der Waals surface area contributed by atoms with Crippen LogP contribution in [0.1, 0.15) is 18.5 Å². The Balaban J connectivity index is 2.04. The highest BCUT2D eigenvalue weighted by Gasteiger charge is 2.36. The second kappa shape index (κ2) is 6.75. The number of hydrogen-bond acceptors (Lipinski definition) is 7. The van der Waals surface area contributed by atoms with Gasteiger partial charge in [-0.25, -0.2) is 9.18 Å². The molecular weight excluding hydrogens is 317 g/mol. The molecule has 1 unspecified atom stereocenters. The van der Waals surface area contributed by atoms with Crippen LogP contribution in [0.4, 0.5) is 10.3 Å². The fraction of sp³-hybridized carbons (Fsp3) is 0.333. The SMILES string of the molecule is COCCOC(=O)C1=C(C)Nc2nnnn2C1c1ccccc1F. The summed E-state index contributed by atoms with van der Waals surface area (Å²) < 4.78 is 25.8. The number of rotatable bonds is 5. The van der Waals surface area contributed by atoms with Crippen molar-refractivity contribution < 1.29 is 18.7 Å². The van der Waals surface area contributed by atoms with Crippen molar-refractivity contribution in [3.8, 4) is 0 Å². The van der Waals surface area contributed by atoms with Crippen molar-refractivity contribution in [3.63, 3.8) is 0 Å². The summed E-state index contributed by atoms with van der Waals surface area (Å²) in [7, 11) is 1.51. The summed E-state index contributed by atoms with van der Waals surface area (Å²) in [6.45, 7) is 2.06. The number of allylic oxidation sites excluding steroid dienone is 1. The number of nitrogens with zero attached hydrogens (tertiary/aromatic N) is 4. The molecule has 1 aromatic heterocycles. The van der Waals surface area contributed by atoms with Crippen molar-refractivity contribution in [1.29, 1.82) is 0 Å². The van der Waals surface area contributed by atoms with Crippen molar-refractivity contribution in [2.45, 2.75) is 13.0 Å². The van der Waals surface area contributed by atoms with Crippen molar-refractivity contribution in [2.75, 3.05) is 25.6 Å². The van der Waals surface area contributed by atoms with Gasteiger partial charge >= 0.3 is 5.97 Å². The van der Waals surface area contributed by atoms with Gasteiger partial charge in [0.15, 0.2) is 0 Å². The summed E-state index contributed by atoms with van der Waals surface area (Å²) in [4.78, 5) is 12.5. The van der Waals surface area contributed by atoms with Crippen LogP contribution in [0.15, 0.2) is 35.5 Å². The Morgan fingerprint density at radius 3 is 2.92 bits per heavy atom. The molecule has 0 saturated carbocycles. The molecule has 0 saturated heterocycles. The summed E-state index contributed by atoms with van der Waals surface area (Å²) >= 11 is 0. The third-order valence-electron chi connectivity index (χ3n) is 3.65. The smallest absolute Gasteiger partial charge is 0.338 e. The largest absolute Gasteiger partial charge is 0.460 e. The van der Waals surface area contributed by atoms with Gasteiger partial charge < -0.3 is 14.8 Å². The summed E-state index contributed by atoms with van der Waals surface area (Å²) in [5, 5.41) is 14.2. The number of halogens is 1. The van der Waals surface area contributed by atoms with Crippen LogP contribution in [0.3, 0.4) is 0 Å². The number of nitrogens with one attached hydrogen (secondary N) is 1. The number of aromatic nitrogens is 4. The first-order valence-electron chi connectivity index (χ1n) is 7.29. The van der Waals surface area contributed by atoms with E-state index in [9.17, 15) is 9.18 Å². The van der Waals surface area contributed by atoms with Crippen molar-refractivity contribution in [2.24, 2.45) is 0 Å². The number of methoxy groups -OCH3 is 1. The van der Waals surface area contributed by atoms with Crippen LogP contribution in [0.2, 0.25) is 0 Å². The molecule has 1 N–H and O–H groups in total. The normalized spacial score (nSPS) is 16.5. The van der Waals surface area contributed by atoms with Gasteiger partial charge in [-0.3, -0.25) is 0 Å². The van der Waals surface area contributed by atoms with Gasteiger partial charge in [-0.15, -0.1) is 0 Å². The predicted octanol–water partition coefficient (Wildman–Crippen LogP) is 1.29. The van der Waals surface area contributed by atoms with E-state index in [2.05, 4.69) is 20.8 Å². The maximum absolute atomic E-state index is 14.3. The number of esters is 1. The molecule has 2 heterocycles. The van der Waals surface area contributed by atoms with Gasteiger partial charge in [0.05, 0.1) is 12.2 Å². The number of tetrazole rings is 1. The van der Waals surface area contributed by atoms with Gasteiger partial charge in [0.25, 0.3) is 0 Å². The summed E-state index contributed by atoms with van der Waals surface area (Å²) in [5.41, 5.74) is 1.04. The molecule has 1 aliphatic rings. The molecule has 0 aliphatic carbocycles. The predicted molar refractivity (Wildman–Crippen MR) is 81.5 cm³/mol. The standard InChI is InChI=1S/C15H16FN5O3/c1-9-12(14(22)24-8-7-23-2)13(10-5-3-4-6-11(10)16)21-15(17-9)18-19-20-21/h3-6,13H,7-8H2,1-2H3,(H,17,18,20). The van der Waals surface area contributed by atoms with E-state index >= 15 is 0 Å². The zero-order valence-electron chi connectivity index (χ0n) is 13.2. The second-order valence-corrected chi connectivity index (χ2v) is 5.16. The van der Waals surface area contributed by atoms with Crippen LogP contribution in [0.5, 0.6) is 0 Å². The van der Waals surface area contributed by atoms with Crippen molar-refractivity contribution in [1.82, 2.24) is 20.2 Å². The fourth-order valence-corrected chi connectivity index (χ4v) is 2.56. The molecule has 0 amide bonds. The van der Waals surface area contributed by atoms with Crippen LogP contribution >= 0.6 is 0 Å².